The summed E-state index contributed by atoms with van der Waals surface area (Å²) in [4.78, 5) is 14.8. The van der Waals surface area contributed by atoms with E-state index in [0.29, 0.717) is 0 Å². The van der Waals surface area contributed by atoms with Crippen molar-refractivity contribution in [2.75, 3.05) is 19.6 Å². The van der Waals surface area contributed by atoms with Crippen molar-refractivity contribution in [3.8, 4) is 0 Å². The van der Waals surface area contributed by atoms with Gasteiger partial charge in [0, 0.05) is 25.2 Å². The Morgan fingerprint density at radius 1 is 1.09 bits per heavy atom. The van der Waals surface area contributed by atoms with Gasteiger partial charge < -0.3 is 10.2 Å². The van der Waals surface area contributed by atoms with E-state index in [-0.39, 0.29) is 11.4 Å². The summed E-state index contributed by atoms with van der Waals surface area (Å²) in [7, 11) is 0. The standard InChI is InChI=1S/C19H26N2O/c22-18-16-8-4-5-9-17(16)19(20-18)10-12-21(13-11-19)14-15-6-2-1-3-7-15/h4-5,8-9,15H,1-3,6-7,10-14H2,(H,20,22). The summed E-state index contributed by atoms with van der Waals surface area (Å²) in [5.41, 5.74) is 2.04. The van der Waals surface area contributed by atoms with Crippen LogP contribution in [0.4, 0.5) is 0 Å². The minimum Gasteiger partial charge on any atom is -0.342 e. The van der Waals surface area contributed by atoms with Crippen molar-refractivity contribution in [3.63, 3.8) is 0 Å². The highest BCUT2D eigenvalue weighted by molar-refractivity contribution is 6.00. The van der Waals surface area contributed by atoms with Gasteiger partial charge in [-0.1, -0.05) is 37.5 Å². The van der Waals surface area contributed by atoms with Crippen LogP contribution in [0.1, 0.15) is 60.9 Å². The number of hydrogen-bond acceptors (Lipinski definition) is 2. The SMILES string of the molecule is O=C1NC2(CCN(CC3CCCCC3)CC2)c2ccccc21. The number of carbonyl (C=O) groups is 1. The molecular weight excluding hydrogens is 272 g/mol. The third kappa shape index (κ3) is 2.45. The number of rotatable bonds is 2. The molecule has 1 aromatic carbocycles. The van der Waals surface area contributed by atoms with Gasteiger partial charge in [0.15, 0.2) is 0 Å². The zero-order chi connectivity index (χ0) is 15.0. The first-order chi connectivity index (χ1) is 10.8. The second-order valence-electron chi connectivity index (χ2n) is 7.39. The van der Waals surface area contributed by atoms with Crippen molar-refractivity contribution in [2.24, 2.45) is 5.92 Å². The maximum Gasteiger partial charge on any atom is 0.252 e. The molecule has 1 spiro atoms. The molecule has 0 atom stereocenters. The van der Waals surface area contributed by atoms with Gasteiger partial charge in [0.05, 0.1) is 5.54 Å². The second kappa shape index (κ2) is 5.69. The molecule has 3 heteroatoms. The number of hydrogen-bond donors (Lipinski definition) is 1. The maximum absolute atomic E-state index is 12.2. The first kappa shape index (κ1) is 14.3. The first-order valence-electron chi connectivity index (χ1n) is 8.91. The van der Waals surface area contributed by atoms with Gasteiger partial charge in [-0.2, -0.15) is 0 Å². The molecule has 0 radical (unpaired) electrons. The largest absolute Gasteiger partial charge is 0.342 e. The number of piperidine rings is 1. The molecular formula is C19H26N2O. The number of nitrogens with zero attached hydrogens (tertiary/aromatic N) is 1. The Hall–Kier alpha value is -1.35. The third-order valence-electron chi connectivity index (χ3n) is 5.99. The second-order valence-corrected chi connectivity index (χ2v) is 7.39. The van der Waals surface area contributed by atoms with Crippen molar-refractivity contribution in [1.29, 1.82) is 0 Å². The zero-order valence-corrected chi connectivity index (χ0v) is 13.3. The lowest BCUT2D eigenvalue weighted by atomic mass is 9.81. The van der Waals surface area contributed by atoms with Gasteiger partial charge in [-0.15, -0.1) is 0 Å². The molecule has 1 saturated carbocycles. The molecule has 0 unspecified atom stereocenters. The Labute approximate surface area is 133 Å². The Morgan fingerprint density at radius 3 is 2.59 bits per heavy atom. The fourth-order valence-electron chi connectivity index (χ4n) is 4.70. The summed E-state index contributed by atoms with van der Waals surface area (Å²) < 4.78 is 0. The highest BCUT2D eigenvalue weighted by atomic mass is 16.2. The van der Waals surface area contributed by atoms with Crippen LogP contribution in [0.15, 0.2) is 24.3 Å². The van der Waals surface area contributed by atoms with E-state index in [1.807, 2.05) is 12.1 Å². The number of carbonyl (C=O) groups excluding carboxylic acids is 1. The predicted octanol–water partition coefficient (Wildman–Crippen LogP) is 3.30. The Kier molecular flexibility index (Phi) is 3.69. The Bertz CT molecular complexity index is 554. The quantitative estimate of drug-likeness (QED) is 0.908. The molecule has 2 fully saturated rings. The molecule has 2 aliphatic heterocycles. The molecule has 3 aliphatic rings. The number of likely N-dealkylation sites (tertiary alicyclic amines) is 1. The van der Waals surface area contributed by atoms with Gasteiger partial charge >= 0.3 is 0 Å². The van der Waals surface area contributed by atoms with Crippen LogP contribution >= 0.6 is 0 Å². The molecule has 3 nitrogen and oxygen atoms in total. The molecule has 22 heavy (non-hydrogen) atoms. The van der Waals surface area contributed by atoms with E-state index >= 15 is 0 Å². The van der Waals surface area contributed by atoms with Gasteiger partial charge in [-0.3, -0.25) is 4.79 Å². The van der Waals surface area contributed by atoms with Crippen LogP contribution in [0.3, 0.4) is 0 Å². The smallest absolute Gasteiger partial charge is 0.252 e. The summed E-state index contributed by atoms with van der Waals surface area (Å²) >= 11 is 0. The van der Waals surface area contributed by atoms with Crippen molar-refractivity contribution >= 4 is 5.91 Å². The average molecular weight is 298 g/mol. The zero-order valence-electron chi connectivity index (χ0n) is 13.3. The minimum atomic E-state index is -0.0866. The highest BCUT2D eigenvalue weighted by Gasteiger charge is 2.44. The van der Waals surface area contributed by atoms with E-state index in [9.17, 15) is 4.79 Å². The lowest BCUT2D eigenvalue weighted by Gasteiger charge is -2.41. The molecule has 0 aromatic heterocycles. The first-order valence-corrected chi connectivity index (χ1v) is 8.91. The van der Waals surface area contributed by atoms with Crippen LogP contribution in [0.5, 0.6) is 0 Å². The number of nitrogens with one attached hydrogen (secondary N) is 1. The van der Waals surface area contributed by atoms with Crippen molar-refractivity contribution in [2.45, 2.75) is 50.5 Å². The van der Waals surface area contributed by atoms with Gasteiger partial charge in [-0.05, 0) is 43.2 Å². The molecule has 118 valence electrons. The molecule has 1 amide bonds. The van der Waals surface area contributed by atoms with E-state index in [4.69, 9.17) is 0 Å². The molecule has 4 rings (SSSR count). The fourth-order valence-corrected chi connectivity index (χ4v) is 4.70. The summed E-state index contributed by atoms with van der Waals surface area (Å²) in [5, 5.41) is 3.29. The highest BCUT2D eigenvalue weighted by Crippen LogP contribution is 2.39. The Morgan fingerprint density at radius 2 is 1.82 bits per heavy atom. The lowest BCUT2D eigenvalue weighted by Crippen LogP contribution is -2.50. The van der Waals surface area contributed by atoms with E-state index in [1.54, 1.807) is 0 Å². The minimum absolute atomic E-state index is 0.0866. The van der Waals surface area contributed by atoms with Crippen molar-refractivity contribution in [1.82, 2.24) is 10.2 Å². The number of amides is 1. The monoisotopic (exact) mass is 298 g/mol. The van der Waals surface area contributed by atoms with E-state index in [1.165, 1.54) is 44.2 Å². The van der Waals surface area contributed by atoms with E-state index < -0.39 is 0 Å². The summed E-state index contributed by atoms with van der Waals surface area (Å²) in [6, 6.07) is 8.14. The molecule has 2 heterocycles. The molecule has 1 saturated heterocycles. The topological polar surface area (TPSA) is 32.3 Å². The fraction of sp³-hybridized carbons (Fsp3) is 0.632. The van der Waals surface area contributed by atoms with Crippen molar-refractivity contribution in [3.05, 3.63) is 35.4 Å². The van der Waals surface area contributed by atoms with Crippen LogP contribution in [0.2, 0.25) is 0 Å². The summed E-state index contributed by atoms with van der Waals surface area (Å²) in [5.74, 6) is 1.03. The maximum atomic E-state index is 12.2. The van der Waals surface area contributed by atoms with Crippen LogP contribution in [-0.2, 0) is 5.54 Å². The molecule has 1 aliphatic carbocycles. The average Bonchev–Trinajstić information content (AvgIpc) is 2.84. The van der Waals surface area contributed by atoms with Crippen LogP contribution in [-0.4, -0.2) is 30.4 Å². The third-order valence-corrected chi connectivity index (χ3v) is 5.99. The van der Waals surface area contributed by atoms with Crippen molar-refractivity contribution < 1.29 is 4.79 Å². The predicted molar refractivity (Wildman–Crippen MR) is 87.8 cm³/mol. The Balaban J connectivity index is 1.43. The van der Waals surface area contributed by atoms with E-state index in [2.05, 4.69) is 22.3 Å². The number of fused-ring (bicyclic) bond motifs is 2. The van der Waals surface area contributed by atoms with Crippen LogP contribution < -0.4 is 5.32 Å². The normalized spacial score (nSPS) is 25.2. The molecule has 1 aromatic rings. The van der Waals surface area contributed by atoms with Gasteiger partial charge in [0.1, 0.15) is 0 Å². The lowest BCUT2D eigenvalue weighted by molar-refractivity contribution is 0.0833. The molecule has 1 N–H and O–H groups in total. The summed E-state index contributed by atoms with van der Waals surface area (Å²) in [6.07, 6.45) is 9.23. The van der Waals surface area contributed by atoms with Crippen LogP contribution in [0, 0.1) is 5.92 Å². The van der Waals surface area contributed by atoms with E-state index in [0.717, 1.165) is 37.4 Å². The van der Waals surface area contributed by atoms with Crippen LogP contribution in [0.25, 0.3) is 0 Å². The molecule has 0 bridgehead atoms. The van der Waals surface area contributed by atoms with Gasteiger partial charge in [-0.25, -0.2) is 0 Å². The van der Waals surface area contributed by atoms with Gasteiger partial charge in [0.2, 0.25) is 0 Å². The summed E-state index contributed by atoms with van der Waals surface area (Å²) in [6.45, 7) is 3.50. The van der Waals surface area contributed by atoms with Gasteiger partial charge in [0.25, 0.3) is 5.91 Å². The number of benzene rings is 1.